The molecule has 7 nitrogen and oxygen atoms in total. The van der Waals surface area contributed by atoms with Gasteiger partial charge in [-0.05, 0) is 60.5 Å². The molecule has 0 spiro atoms. The van der Waals surface area contributed by atoms with E-state index in [4.69, 9.17) is 34.8 Å². The van der Waals surface area contributed by atoms with Crippen molar-refractivity contribution in [3.63, 3.8) is 0 Å². The molecule has 0 aliphatic rings. The zero-order valence-corrected chi connectivity index (χ0v) is 26.4. The van der Waals surface area contributed by atoms with Crippen molar-refractivity contribution in [1.29, 1.82) is 0 Å². The number of sulfonamides is 1. The number of amides is 2. The summed E-state index contributed by atoms with van der Waals surface area (Å²) in [4.78, 5) is 29.2. The van der Waals surface area contributed by atoms with Gasteiger partial charge in [-0.2, -0.15) is 0 Å². The Labute approximate surface area is 267 Å². The smallest absolute Gasteiger partial charge is 0.264 e. The van der Waals surface area contributed by atoms with Crippen LogP contribution in [-0.2, 0) is 32.6 Å². The van der Waals surface area contributed by atoms with Crippen LogP contribution in [0.4, 0.5) is 5.69 Å². The van der Waals surface area contributed by atoms with Crippen LogP contribution in [0.15, 0.2) is 108 Å². The van der Waals surface area contributed by atoms with Gasteiger partial charge in [0.15, 0.2) is 0 Å². The predicted molar refractivity (Wildman–Crippen MR) is 172 cm³/mol. The van der Waals surface area contributed by atoms with Gasteiger partial charge in [0.05, 0.1) is 10.6 Å². The lowest BCUT2D eigenvalue weighted by Gasteiger charge is -2.34. The molecule has 43 heavy (non-hydrogen) atoms. The van der Waals surface area contributed by atoms with Gasteiger partial charge in [0.1, 0.15) is 12.6 Å². The number of carbonyl (C=O) groups excluding carboxylic acids is 2. The predicted octanol–water partition coefficient (Wildman–Crippen LogP) is 6.62. The van der Waals surface area contributed by atoms with Gasteiger partial charge in [-0.15, -0.1) is 0 Å². The second-order valence-corrected chi connectivity index (χ2v) is 12.8. The lowest BCUT2D eigenvalue weighted by Crippen LogP contribution is -2.53. The second kappa shape index (κ2) is 14.8. The van der Waals surface area contributed by atoms with E-state index in [1.165, 1.54) is 23.1 Å². The Kier molecular flexibility index (Phi) is 11.1. The molecule has 0 heterocycles. The number of anilines is 1. The Balaban J connectivity index is 1.81. The molecule has 0 aliphatic carbocycles. The van der Waals surface area contributed by atoms with Gasteiger partial charge in [-0.1, -0.05) is 95.5 Å². The molecule has 0 saturated carbocycles. The van der Waals surface area contributed by atoms with Crippen molar-refractivity contribution in [3.05, 3.63) is 129 Å². The standard InChI is InChI=1S/C32H30Cl3N3O4S/c1-2-36-32(40)30(18-23-10-5-3-6-11-23)37(21-24-16-17-26(34)20-29(24)35)31(39)22-38(27-13-9-12-25(33)19-27)43(41,42)28-14-7-4-8-15-28/h3-17,19-20,30H,2,18,21-22H2,1H3,(H,36,40). The zero-order valence-electron chi connectivity index (χ0n) is 23.3. The highest BCUT2D eigenvalue weighted by Gasteiger charge is 2.34. The highest BCUT2D eigenvalue weighted by Crippen LogP contribution is 2.28. The molecule has 0 fully saturated rings. The number of nitrogens with one attached hydrogen (secondary N) is 1. The van der Waals surface area contributed by atoms with E-state index in [-0.39, 0.29) is 29.5 Å². The highest BCUT2D eigenvalue weighted by atomic mass is 35.5. The van der Waals surface area contributed by atoms with Crippen LogP contribution in [-0.4, -0.2) is 44.3 Å². The largest absolute Gasteiger partial charge is 0.355 e. The number of rotatable bonds is 12. The van der Waals surface area contributed by atoms with Crippen LogP contribution in [0, 0.1) is 0 Å². The van der Waals surface area contributed by atoms with E-state index >= 15 is 0 Å². The van der Waals surface area contributed by atoms with Gasteiger partial charge in [0.25, 0.3) is 10.0 Å². The third-order valence-corrected chi connectivity index (χ3v) is 9.29. The van der Waals surface area contributed by atoms with Crippen molar-refractivity contribution in [1.82, 2.24) is 10.2 Å². The summed E-state index contributed by atoms with van der Waals surface area (Å²) in [5.41, 5.74) is 1.57. The van der Waals surface area contributed by atoms with Crippen LogP contribution < -0.4 is 9.62 Å². The van der Waals surface area contributed by atoms with Crippen molar-refractivity contribution >= 4 is 62.3 Å². The van der Waals surface area contributed by atoms with Crippen molar-refractivity contribution < 1.29 is 18.0 Å². The first-order valence-electron chi connectivity index (χ1n) is 13.5. The number of likely N-dealkylation sites (N-methyl/N-ethyl adjacent to an activating group) is 1. The molecular formula is C32H30Cl3N3O4S. The topological polar surface area (TPSA) is 86.8 Å². The molecule has 224 valence electrons. The number of hydrogen-bond donors (Lipinski definition) is 1. The van der Waals surface area contributed by atoms with Gasteiger partial charge < -0.3 is 10.2 Å². The third kappa shape index (κ3) is 8.30. The van der Waals surface area contributed by atoms with Crippen molar-refractivity contribution in [2.24, 2.45) is 0 Å². The summed E-state index contributed by atoms with van der Waals surface area (Å²) in [6, 6.07) is 27.2. The highest BCUT2D eigenvalue weighted by molar-refractivity contribution is 7.92. The fourth-order valence-electron chi connectivity index (χ4n) is 4.56. The maximum atomic E-state index is 14.4. The maximum Gasteiger partial charge on any atom is 0.264 e. The van der Waals surface area contributed by atoms with Gasteiger partial charge in [0.2, 0.25) is 11.8 Å². The molecule has 2 amide bonds. The van der Waals surface area contributed by atoms with Crippen molar-refractivity contribution in [2.75, 3.05) is 17.4 Å². The van der Waals surface area contributed by atoms with Crippen LogP contribution in [0.25, 0.3) is 0 Å². The normalized spacial score (nSPS) is 11.9. The Hall–Kier alpha value is -3.56. The van der Waals surface area contributed by atoms with E-state index in [2.05, 4.69) is 5.32 Å². The van der Waals surface area contributed by atoms with Crippen LogP contribution in [0.2, 0.25) is 15.1 Å². The number of nitrogens with zero attached hydrogens (tertiary/aromatic N) is 2. The molecule has 0 bridgehead atoms. The summed E-state index contributed by atoms with van der Waals surface area (Å²) < 4.78 is 28.9. The molecule has 0 aromatic heterocycles. The maximum absolute atomic E-state index is 14.4. The summed E-state index contributed by atoms with van der Waals surface area (Å²) in [6.07, 6.45) is 0.187. The minimum atomic E-state index is -4.22. The van der Waals surface area contributed by atoms with E-state index in [1.54, 1.807) is 61.5 Å². The van der Waals surface area contributed by atoms with Gasteiger partial charge in [0, 0.05) is 34.6 Å². The number of hydrogen-bond acceptors (Lipinski definition) is 4. The molecule has 1 atom stereocenters. The molecule has 4 rings (SSSR count). The first-order valence-corrected chi connectivity index (χ1v) is 16.1. The molecule has 4 aromatic carbocycles. The second-order valence-electron chi connectivity index (χ2n) is 9.66. The third-order valence-electron chi connectivity index (χ3n) is 6.68. The Morgan fingerprint density at radius 3 is 2.09 bits per heavy atom. The summed E-state index contributed by atoms with van der Waals surface area (Å²) in [6.45, 7) is 1.45. The van der Waals surface area contributed by atoms with Gasteiger partial charge >= 0.3 is 0 Å². The first kappa shape index (κ1) is 32.4. The van der Waals surface area contributed by atoms with Gasteiger partial charge in [-0.3, -0.25) is 13.9 Å². The van der Waals surface area contributed by atoms with Crippen LogP contribution >= 0.6 is 34.8 Å². The lowest BCUT2D eigenvalue weighted by molar-refractivity contribution is -0.140. The monoisotopic (exact) mass is 657 g/mol. The Morgan fingerprint density at radius 2 is 1.47 bits per heavy atom. The SMILES string of the molecule is CCNC(=O)C(Cc1ccccc1)N(Cc1ccc(Cl)cc1Cl)C(=O)CN(c1cccc(Cl)c1)S(=O)(=O)c1ccccc1. The molecule has 11 heteroatoms. The van der Waals surface area contributed by atoms with Gasteiger partial charge in [-0.25, -0.2) is 8.42 Å². The first-order chi connectivity index (χ1) is 20.6. The van der Waals surface area contributed by atoms with Crippen molar-refractivity contribution in [2.45, 2.75) is 30.8 Å². The molecule has 1 N–H and O–H groups in total. The summed E-state index contributed by atoms with van der Waals surface area (Å²) in [7, 11) is -4.22. The lowest BCUT2D eigenvalue weighted by atomic mass is 10.0. The van der Waals surface area contributed by atoms with E-state index in [9.17, 15) is 18.0 Å². The summed E-state index contributed by atoms with van der Waals surface area (Å²) >= 11 is 18.9. The fraction of sp³-hybridized carbons (Fsp3) is 0.188. The Bertz CT molecular complexity index is 1670. The quantitative estimate of drug-likeness (QED) is 0.185. The van der Waals surface area contributed by atoms with E-state index in [0.717, 1.165) is 9.87 Å². The van der Waals surface area contributed by atoms with Crippen molar-refractivity contribution in [3.8, 4) is 0 Å². The average molecular weight is 659 g/mol. The Morgan fingerprint density at radius 1 is 0.814 bits per heavy atom. The summed E-state index contributed by atoms with van der Waals surface area (Å²) in [5, 5.41) is 3.84. The zero-order chi connectivity index (χ0) is 31.0. The number of carbonyl (C=O) groups is 2. The molecule has 1 unspecified atom stereocenters. The molecule has 0 saturated heterocycles. The van der Waals surface area contributed by atoms with E-state index in [0.29, 0.717) is 27.2 Å². The number of benzene rings is 4. The molecule has 0 radical (unpaired) electrons. The molecule has 4 aromatic rings. The fourth-order valence-corrected chi connectivity index (χ4v) is 6.64. The molecular weight excluding hydrogens is 629 g/mol. The van der Waals surface area contributed by atoms with Crippen LogP contribution in [0.1, 0.15) is 18.1 Å². The minimum Gasteiger partial charge on any atom is -0.355 e. The summed E-state index contributed by atoms with van der Waals surface area (Å²) in [5.74, 6) is -0.998. The van der Waals surface area contributed by atoms with E-state index < -0.39 is 28.5 Å². The molecule has 0 aliphatic heterocycles. The minimum absolute atomic E-state index is 0.000340. The average Bonchev–Trinajstić information content (AvgIpc) is 2.99. The van der Waals surface area contributed by atoms with Crippen LogP contribution in [0.3, 0.4) is 0 Å². The van der Waals surface area contributed by atoms with E-state index in [1.807, 2.05) is 30.3 Å². The number of halogens is 3. The van der Waals surface area contributed by atoms with Crippen LogP contribution in [0.5, 0.6) is 0 Å².